The Morgan fingerprint density at radius 2 is 1.75 bits per heavy atom. The van der Waals surface area contributed by atoms with Crippen LogP contribution >= 0.6 is 0 Å². The van der Waals surface area contributed by atoms with Crippen LogP contribution in [-0.4, -0.2) is 23.3 Å². The molecule has 0 saturated carbocycles. The molecular formula is C20H24N2O2. The Balaban J connectivity index is 1.98. The van der Waals surface area contributed by atoms with Gasteiger partial charge in [0.2, 0.25) is 11.8 Å². The minimum absolute atomic E-state index is 0.0405. The lowest BCUT2D eigenvalue weighted by Gasteiger charge is -2.21. The predicted molar refractivity (Wildman–Crippen MR) is 96.7 cm³/mol. The molecule has 0 spiro atoms. The summed E-state index contributed by atoms with van der Waals surface area (Å²) in [6.07, 6.45) is 0.961. The van der Waals surface area contributed by atoms with Crippen LogP contribution < -0.4 is 5.32 Å². The molecule has 2 rings (SSSR count). The van der Waals surface area contributed by atoms with Crippen LogP contribution in [0.25, 0.3) is 0 Å². The van der Waals surface area contributed by atoms with E-state index in [4.69, 9.17) is 0 Å². The smallest absolute Gasteiger partial charge is 0.244 e. The minimum atomic E-state index is -0.192. The zero-order chi connectivity index (χ0) is 17.5. The van der Waals surface area contributed by atoms with E-state index >= 15 is 0 Å². The van der Waals surface area contributed by atoms with Crippen molar-refractivity contribution < 1.29 is 9.59 Å². The average molecular weight is 324 g/mol. The minimum Gasteiger partial charge on any atom is -0.329 e. The van der Waals surface area contributed by atoms with Crippen molar-refractivity contribution in [1.29, 1.82) is 0 Å². The van der Waals surface area contributed by atoms with Crippen molar-refractivity contribution in [3.8, 4) is 0 Å². The van der Waals surface area contributed by atoms with E-state index in [1.165, 1.54) is 12.5 Å². The van der Waals surface area contributed by atoms with Crippen molar-refractivity contribution >= 4 is 17.5 Å². The normalized spacial score (nSPS) is 10.3. The lowest BCUT2D eigenvalue weighted by atomic mass is 10.1. The molecule has 0 aliphatic heterocycles. The third-order valence-electron chi connectivity index (χ3n) is 3.88. The van der Waals surface area contributed by atoms with Gasteiger partial charge in [-0.15, -0.1) is 0 Å². The number of carbonyl (C=O) groups excluding carboxylic acids is 2. The van der Waals surface area contributed by atoms with Gasteiger partial charge in [0.15, 0.2) is 0 Å². The SMILES string of the molecule is CCc1ccc(NC(=O)CN(Cc2cccc(C)c2)C(C)=O)cc1. The summed E-state index contributed by atoms with van der Waals surface area (Å²) < 4.78 is 0. The zero-order valence-corrected chi connectivity index (χ0v) is 14.5. The number of amides is 2. The molecule has 0 aliphatic carbocycles. The van der Waals surface area contributed by atoms with Gasteiger partial charge >= 0.3 is 0 Å². The monoisotopic (exact) mass is 324 g/mol. The van der Waals surface area contributed by atoms with E-state index < -0.39 is 0 Å². The van der Waals surface area contributed by atoms with E-state index in [1.54, 1.807) is 4.90 Å². The van der Waals surface area contributed by atoms with Crippen LogP contribution in [0, 0.1) is 6.92 Å². The first-order chi connectivity index (χ1) is 11.5. The maximum atomic E-state index is 12.2. The molecule has 2 amide bonds. The summed E-state index contributed by atoms with van der Waals surface area (Å²) in [5.41, 5.74) is 4.12. The number of benzene rings is 2. The molecule has 126 valence electrons. The van der Waals surface area contributed by atoms with Crippen LogP contribution in [0.4, 0.5) is 5.69 Å². The highest BCUT2D eigenvalue weighted by Gasteiger charge is 2.14. The van der Waals surface area contributed by atoms with Crippen LogP contribution in [0.3, 0.4) is 0 Å². The van der Waals surface area contributed by atoms with E-state index in [1.807, 2.05) is 55.5 Å². The first-order valence-corrected chi connectivity index (χ1v) is 8.17. The quantitative estimate of drug-likeness (QED) is 0.883. The van der Waals surface area contributed by atoms with E-state index in [0.29, 0.717) is 6.54 Å². The van der Waals surface area contributed by atoms with Crippen LogP contribution in [0.1, 0.15) is 30.5 Å². The first-order valence-electron chi connectivity index (χ1n) is 8.17. The molecule has 2 aromatic rings. The highest BCUT2D eigenvalue weighted by Crippen LogP contribution is 2.11. The summed E-state index contributed by atoms with van der Waals surface area (Å²) in [5.74, 6) is -0.310. The molecule has 0 fully saturated rings. The number of anilines is 1. The largest absolute Gasteiger partial charge is 0.329 e. The van der Waals surface area contributed by atoms with Gasteiger partial charge < -0.3 is 10.2 Å². The van der Waals surface area contributed by atoms with E-state index in [-0.39, 0.29) is 18.4 Å². The van der Waals surface area contributed by atoms with Gasteiger partial charge in [0.25, 0.3) is 0 Å². The molecule has 0 aromatic heterocycles. The van der Waals surface area contributed by atoms with Crippen molar-refractivity contribution in [2.45, 2.75) is 33.7 Å². The molecule has 0 bridgehead atoms. The molecule has 0 saturated heterocycles. The maximum Gasteiger partial charge on any atom is 0.244 e. The molecule has 0 unspecified atom stereocenters. The van der Waals surface area contributed by atoms with Crippen LogP contribution in [0.5, 0.6) is 0 Å². The van der Waals surface area contributed by atoms with Gasteiger partial charge in [-0.1, -0.05) is 48.9 Å². The molecule has 4 nitrogen and oxygen atoms in total. The third kappa shape index (κ3) is 5.23. The van der Waals surface area contributed by atoms with Gasteiger partial charge in [0.05, 0.1) is 0 Å². The summed E-state index contributed by atoms with van der Waals surface area (Å²) in [6.45, 7) is 6.05. The Morgan fingerprint density at radius 3 is 2.33 bits per heavy atom. The molecule has 0 atom stereocenters. The van der Waals surface area contributed by atoms with Gasteiger partial charge in [-0.2, -0.15) is 0 Å². The predicted octanol–water partition coefficient (Wildman–Crippen LogP) is 3.54. The van der Waals surface area contributed by atoms with Crippen molar-refractivity contribution in [3.05, 3.63) is 65.2 Å². The number of hydrogen-bond donors (Lipinski definition) is 1. The Hall–Kier alpha value is -2.62. The third-order valence-corrected chi connectivity index (χ3v) is 3.88. The second-order valence-electron chi connectivity index (χ2n) is 5.96. The van der Waals surface area contributed by atoms with E-state index in [0.717, 1.165) is 23.2 Å². The lowest BCUT2D eigenvalue weighted by Crippen LogP contribution is -2.36. The molecule has 1 N–H and O–H groups in total. The molecule has 24 heavy (non-hydrogen) atoms. The summed E-state index contributed by atoms with van der Waals surface area (Å²) in [5, 5.41) is 2.84. The van der Waals surface area contributed by atoms with Crippen molar-refractivity contribution in [2.75, 3.05) is 11.9 Å². The first kappa shape index (κ1) is 17.7. The second-order valence-corrected chi connectivity index (χ2v) is 5.96. The van der Waals surface area contributed by atoms with Gasteiger partial charge in [-0.3, -0.25) is 9.59 Å². The standard InChI is InChI=1S/C20H24N2O2/c1-4-17-8-10-19(11-9-17)21-20(24)14-22(16(3)23)13-18-7-5-6-15(2)12-18/h5-12H,4,13-14H2,1-3H3,(H,21,24). The second kappa shape index (κ2) is 8.29. The number of carbonyl (C=O) groups is 2. The fraction of sp³-hybridized carbons (Fsp3) is 0.300. The highest BCUT2D eigenvalue weighted by molar-refractivity contribution is 5.94. The number of aryl methyl sites for hydroxylation is 2. The molecule has 2 aromatic carbocycles. The molecule has 0 aliphatic rings. The highest BCUT2D eigenvalue weighted by atomic mass is 16.2. The lowest BCUT2D eigenvalue weighted by molar-refractivity contribution is -0.133. The summed E-state index contributed by atoms with van der Waals surface area (Å²) in [7, 11) is 0. The fourth-order valence-electron chi connectivity index (χ4n) is 2.51. The Morgan fingerprint density at radius 1 is 1.04 bits per heavy atom. The Bertz CT molecular complexity index is 708. The molecule has 0 heterocycles. The molecule has 0 radical (unpaired) electrons. The van der Waals surface area contributed by atoms with Gasteiger partial charge in [0.1, 0.15) is 6.54 Å². The summed E-state index contributed by atoms with van der Waals surface area (Å²) >= 11 is 0. The van der Waals surface area contributed by atoms with Crippen LogP contribution in [-0.2, 0) is 22.6 Å². The van der Waals surface area contributed by atoms with E-state index in [9.17, 15) is 9.59 Å². The Kier molecular flexibility index (Phi) is 6.13. The van der Waals surface area contributed by atoms with Crippen LogP contribution in [0.2, 0.25) is 0 Å². The van der Waals surface area contributed by atoms with Crippen molar-refractivity contribution in [2.24, 2.45) is 0 Å². The van der Waals surface area contributed by atoms with Gasteiger partial charge in [-0.25, -0.2) is 0 Å². The zero-order valence-electron chi connectivity index (χ0n) is 14.5. The van der Waals surface area contributed by atoms with Crippen molar-refractivity contribution in [1.82, 2.24) is 4.90 Å². The molecular weight excluding hydrogens is 300 g/mol. The van der Waals surface area contributed by atoms with Gasteiger partial charge in [0, 0.05) is 19.2 Å². The van der Waals surface area contributed by atoms with Gasteiger partial charge in [-0.05, 0) is 36.6 Å². The van der Waals surface area contributed by atoms with Crippen LogP contribution in [0.15, 0.2) is 48.5 Å². The number of rotatable bonds is 6. The van der Waals surface area contributed by atoms with Crippen molar-refractivity contribution in [3.63, 3.8) is 0 Å². The Labute approximate surface area is 143 Å². The number of nitrogens with one attached hydrogen (secondary N) is 1. The maximum absolute atomic E-state index is 12.2. The van der Waals surface area contributed by atoms with E-state index in [2.05, 4.69) is 12.2 Å². The molecule has 4 heteroatoms. The summed E-state index contributed by atoms with van der Waals surface area (Å²) in [6, 6.07) is 15.7. The summed E-state index contributed by atoms with van der Waals surface area (Å²) in [4.78, 5) is 25.6. The fourth-order valence-corrected chi connectivity index (χ4v) is 2.51. The number of nitrogens with zero attached hydrogens (tertiary/aromatic N) is 1. The average Bonchev–Trinajstić information content (AvgIpc) is 2.55. The topological polar surface area (TPSA) is 49.4 Å². The number of hydrogen-bond acceptors (Lipinski definition) is 2.